The Hall–Kier alpha value is -0.0400. The lowest BCUT2D eigenvalue weighted by molar-refractivity contribution is 0.256. The Balaban J connectivity index is 2.23. The van der Waals surface area contributed by atoms with Gasteiger partial charge in [0, 0.05) is 12.6 Å². The second kappa shape index (κ2) is 5.16. The Morgan fingerprint density at radius 1 is 1.14 bits per heavy atom. The molecule has 1 aliphatic carbocycles. The zero-order chi connectivity index (χ0) is 10.6. The Kier molecular flexibility index (Phi) is 4.43. The van der Waals surface area contributed by atoms with Crippen molar-refractivity contribution in [1.29, 1.82) is 0 Å². The molecular weight excluding hydrogens is 170 g/mol. The van der Waals surface area contributed by atoms with Gasteiger partial charge in [0.15, 0.2) is 0 Å². The van der Waals surface area contributed by atoms with E-state index in [9.17, 15) is 0 Å². The van der Waals surface area contributed by atoms with Crippen LogP contribution in [-0.2, 0) is 0 Å². The fourth-order valence-electron chi connectivity index (χ4n) is 2.27. The monoisotopic (exact) mass is 197 g/mol. The summed E-state index contributed by atoms with van der Waals surface area (Å²) < 4.78 is 0. The van der Waals surface area contributed by atoms with Gasteiger partial charge in [-0.05, 0) is 31.1 Å². The van der Waals surface area contributed by atoms with Gasteiger partial charge < -0.3 is 5.32 Å². The summed E-state index contributed by atoms with van der Waals surface area (Å²) in [5.41, 5.74) is 0.420. The average Bonchev–Trinajstić information content (AvgIpc) is 2.14. The number of rotatable bonds is 3. The smallest absolute Gasteiger partial charge is 0.00672 e. The van der Waals surface area contributed by atoms with Crippen LogP contribution in [0, 0.1) is 11.3 Å². The minimum Gasteiger partial charge on any atom is -0.313 e. The van der Waals surface area contributed by atoms with Crippen LogP contribution >= 0.6 is 0 Å². The highest BCUT2D eigenvalue weighted by Crippen LogP contribution is 2.26. The molecule has 1 saturated carbocycles. The van der Waals surface area contributed by atoms with Crippen molar-refractivity contribution < 1.29 is 0 Å². The maximum absolute atomic E-state index is 3.69. The minimum atomic E-state index is 0.420. The lowest BCUT2D eigenvalue weighted by atomic mass is 9.84. The molecule has 0 amide bonds. The third-order valence-corrected chi connectivity index (χ3v) is 3.31. The molecule has 1 atom stereocenters. The fourth-order valence-corrected chi connectivity index (χ4v) is 2.27. The highest BCUT2D eigenvalue weighted by Gasteiger charge is 2.21. The van der Waals surface area contributed by atoms with Crippen molar-refractivity contribution >= 4 is 0 Å². The largest absolute Gasteiger partial charge is 0.313 e. The van der Waals surface area contributed by atoms with E-state index in [1.165, 1.54) is 32.1 Å². The van der Waals surface area contributed by atoms with E-state index in [2.05, 4.69) is 33.0 Å². The molecule has 0 spiro atoms. The van der Waals surface area contributed by atoms with Crippen molar-refractivity contribution in [3.05, 3.63) is 0 Å². The number of nitrogens with one attached hydrogen (secondary N) is 1. The predicted octanol–water partition coefficient (Wildman–Crippen LogP) is 3.59. The van der Waals surface area contributed by atoms with Crippen molar-refractivity contribution in [3.63, 3.8) is 0 Å². The van der Waals surface area contributed by atoms with Gasteiger partial charge in [0.25, 0.3) is 0 Å². The lowest BCUT2D eigenvalue weighted by Crippen LogP contribution is -2.39. The predicted molar refractivity (Wildman–Crippen MR) is 63.5 cm³/mol. The summed E-state index contributed by atoms with van der Waals surface area (Å²) in [7, 11) is 0. The van der Waals surface area contributed by atoms with Crippen LogP contribution in [0.5, 0.6) is 0 Å². The van der Waals surface area contributed by atoms with Gasteiger partial charge in [-0.3, -0.25) is 0 Å². The molecule has 1 nitrogen and oxygen atoms in total. The second-order valence-electron chi connectivity index (χ2n) is 6.13. The molecule has 0 unspecified atom stereocenters. The van der Waals surface area contributed by atoms with E-state index < -0.39 is 0 Å². The Labute approximate surface area is 89.7 Å². The SMILES string of the molecule is C[C@H](NCC(C)(C)C)C1CCCCC1. The molecular formula is C13H27N. The van der Waals surface area contributed by atoms with Gasteiger partial charge in [0.05, 0.1) is 0 Å². The number of hydrogen-bond acceptors (Lipinski definition) is 1. The van der Waals surface area contributed by atoms with Crippen molar-refractivity contribution in [3.8, 4) is 0 Å². The van der Waals surface area contributed by atoms with E-state index in [1.807, 2.05) is 0 Å². The highest BCUT2D eigenvalue weighted by molar-refractivity contribution is 4.77. The molecule has 0 aromatic rings. The Morgan fingerprint density at radius 2 is 1.71 bits per heavy atom. The van der Waals surface area contributed by atoms with E-state index in [-0.39, 0.29) is 0 Å². The first-order chi connectivity index (χ1) is 6.49. The van der Waals surface area contributed by atoms with Crippen molar-refractivity contribution in [2.45, 2.75) is 65.8 Å². The molecule has 1 heteroatoms. The molecule has 0 aromatic heterocycles. The normalized spacial score (nSPS) is 22.3. The van der Waals surface area contributed by atoms with E-state index in [1.54, 1.807) is 0 Å². The van der Waals surface area contributed by atoms with Gasteiger partial charge >= 0.3 is 0 Å². The first kappa shape index (κ1) is 12.0. The van der Waals surface area contributed by atoms with E-state index in [0.717, 1.165) is 18.5 Å². The molecule has 84 valence electrons. The molecule has 0 radical (unpaired) electrons. The van der Waals surface area contributed by atoms with E-state index >= 15 is 0 Å². The fraction of sp³-hybridized carbons (Fsp3) is 1.00. The van der Waals surface area contributed by atoms with Crippen LogP contribution < -0.4 is 5.32 Å². The van der Waals surface area contributed by atoms with Gasteiger partial charge in [-0.2, -0.15) is 0 Å². The van der Waals surface area contributed by atoms with Crippen LogP contribution in [0.1, 0.15) is 59.8 Å². The quantitative estimate of drug-likeness (QED) is 0.729. The third kappa shape index (κ3) is 4.45. The summed E-state index contributed by atoms with van der Waals surface area (Å²) in [5.74, 6) is 0.936. The summed E-state index contributed by atoms with van der Waals surface area (Å²) in [5, 5.41) is 3.69. The van der Waals surface area contributed by atoms with Crippen LogP contribution in [0.2, 0.25) is 0 Å². The molecule has 1 N–H and O–H groups in total. The summed E-state index contributed by atoms with van der Waals surface area (Å²) in [4.78, 5) is 0. The topological polar surface area (TPSA) is 12.0 Å². The van der Waals surface area contributed by atoms with Gasteiger partial charge in [-0.15, -0.1) is 0 Å². The van der Waals surface area contributed by atoms with Crippen LogP contribution in [0.3, 0.4) is 0 Å². The summed E-state index contributed by atoms with van der Waals surface area (Å²) in [6.45, 7) is 10.4. The Bertz CT molecular complexity index is 151. The van der Waals surface area contributed by atoms with E-state index in [0.29, 0.717) is 5.41 Å². The molecule has 0 bridgehead atoms. The molecule has 1 rings (SSSR count). The Morgan fingerprint density at radius 3 is 2.21 bits per heavy atom. The van der Waals surface area contributed by atoms with Crippen LogP contribution in [0.4, 0.5) is 0 Å². The summed E-state index contributed by atoms with van der Waals surface area (Å²) in [6, 6.07) is 0.717. The molecule has 14 heavy (non-hydrogen) atoms. The lowest BCUT2D eigenvalue weighted by Gasteiger charge is -2.31. The van der Waals surface area contributed by atoms with Gasteiger partial charge in [0.2, 0.25) is 0 Å². The van der Waals surface area contributed by atoms with Gasteiger partial charge in [0.1, 0.15) is 0 Å². The van der Waals surface area contributed by atoms with E-state index in [4.69, 9.17) is 0 Å². The summed E-state index contributed by atoms with van der Waals surface area (Å²) >= 11 is 0. The maximum atomic E-state index is 3.69. The molecule has 0 saturated heterocycles. The van der Waals surface area contributed by atoms with Crippen LogP contribution in [0.15, 0.2) is 0 Å². The number of hydrogen-bond donors (Lipinski definition) is 1. The van der Waals surface area contributed by atoms with Gasteiger partial charge in [-0.1, -0.05) is 40.0 Å². The standard InChI is InChI=1S/C13H27N/c1-11(14-10-13(2,3)4)12-8-6-5-7-9-12/h11-12,14H,5-10H2,1-4H3/t11-/m0/s1. The first-order valence-corrected chi connectivity index (χ1v) is 6.22. The molecule has 0 aliphatic heterocycles. The summed E-state index contributed by atoms with van der Waals surface area (Å²) in [6.07, 6.45) is 7.25. The molecule has 0 aromatic carbocycles. The molecule has 0 heterocycles. The average molecular weight is 197 g/mol. The maximum Gasteiger partial charge on any atom is 0.00672 e. The van der Waals surface area contributed by atoms with Crippen LogP contribution in [0.25, 0.3) is 0 Å². The van der Waals surface area contributed by atoms with Gasteiger partial charge in [-0.25, -0.2) is 0 Å². The zero-order valence-electron chi connectivity index (χ0n) is 10.4. The zero-order valence-corrected chi connectivity index (χ0v) is 10.4. The highest BCUT2D eigenvalue weighted by atomic mass is 14.9. The first-order valence-electron chi connectivity index (χ1n) is 6.22. The molecule has 1 aliphatic rings. The minimum absolute atomic E-state index is 0.420. The van der Waals surface area contributed by atoms with Crippen molar-refractivity contribution in [2.75, 3.05) is 6.54 Å². The molecule has 1 fully saturated rings. The van der Waals surface area contributed by atoms with Crippen molar-refractivity contribution in [1.82, 2.24) is 5.32 Å². The van der Waals surface area contributed by atoms with Crippen molar-refractivity contribution in [2.24, 2.45) is 11.3 Å². The third-order valence-electron chi connectivity index (χ3n) is 3.31. The second-order valence-corrected chi connectivity index (χ2v) is 6.13. The van der Waals surface area contributed by atoms with Crippen LogP contribution in [-0.4, -0.2) is 12.6 Å².